The Morgan fingerprint density at radius 3 is 2.38 bits per heavy atom. The number of imidazole rings is 1. The predicted molar refractivity (Wildman–Crippen MR) is 26.8 cm³/mol. The molecule has 0 unspecified atom stereocenters. The second kappa shape index (κ2) is 3.81. The molecule has 4 nitrogen and oxygen atoms in total. The van der Waals surface area contributed by atoms with Crippen molar-refractivity contribution >= 4 is 0 Å². The largest absolute Gasteiger partial charge is 0.349 e. The van der Waals surface area contributed by atoms with Gasteiger partial charge in [0.15, 0.2) is 0 Å². The lowest BCUT2D eigenvalue weighted by atomic mass is 10.8. The molecule has 0 bridgehead atoms. The molecule has 42 valence electrons. The van der Waals surface area contributed by atoms with Crippen LogP contribution in [0, 0.1) is 17.7 Å². The van der Waals surface area contributed by atoms with Gasteiger partial charge < -0.3 is 4.98 Å². The Balaban J connectivity index is 0.000000222. The number of H-pyrrole nitrogens is 1. The third-order valence-corrected chi connectivity index (χ3v) is 0.635. The molecule has 0 saturated heterocycles. The van der Waals surface area contributed by atoms with Crippen LogP contribution in [-0.4, -0.2) is 9.97 Å². The molecule has 1 N–H and O–H groups in total. The lowest BCUT2D eigenvalue weighted by Crippen LogP contribution is -1.66. The molecular weight excluding hydrogens is 104 g/mol. The van der Waals surface area contributed by atoms with Gasteiger partial charge in [0.1, 0.15) is 5.82 Å². The van der Waals surface area contributed by atoms with Gasteiger partial charge in [-0.1, -0.05) is 0 Å². The molecule has 0 saturated carbocycles. The quantitative estimate of drug-likeness (QED) is 0.500. The average molecular weight is 110 g/mol. The zero-order valence-corrected chi connectivity index (χ0v) is 4.50. The molecule has 0 spiro atoms. The Kier molecular flexibility index (Phi) is 3.16. The summed E-state index contributed by atoms with van der Waals surface area (Å²) in [6, 6.07) is 0. The number of nitrogens with zero attached hydrogens (tertiary/aromatic N) is 3. The Morgan fingerprint density at radius 1 is 1.62 bits per heavy atom. The van der Waals surface area contributed by atoms with Gasteiger partial charge in [-0.05, 0) is 6.92 Å². The third-order valence-electron chi connectivity index (χ3n) is 0.635. The first-order valence-corrected chi connectivity index (χ1v) is 2.05. The molecule has 1 aromatic heterocycles. The van der Waals surface area contributed by atoms with E-state index < -0.39 is 0 Å². The highest BCUT2D eigenvalue weighted by molar-refractivity contribution is 4.80. The number of hydrogen-bond donors (Lipinski definition) is 1. The average Bonchev–Trinajstić information content (AvgIpc) is 2.24. The molecule has 1 rings (SSSR count). The second-order valence-corrected chi connectivity index (χ2v) is 1.17. The Hall–Kier alpha value is -1.37. The van der Waals surface area contributed by atoms with Crippen molar-refractivity contribution in [1.29, 1.82) is 10.8 Å². The van der Waals surface area contributed by atoms with Crippen LogP contribution in [0.5, 0.6) is 0 Å². The topological polar surface area (TPSA) is 76.3 Å². The van der Waals surface area contributed by atoms with E-state index in [9.17, 15) is 0 Å². The fourth-order valence-corrected chi connectivity index (χ4v) is 0.344. The minimum Gasteiger partial charge on any atom is -0.349 e. The summed E-state index contributed by atoms with van der Waals surface area (Å²) >= 11 is 0. The van der Waals surface area contributed by atoms with Crippen LogP contribution in [0.4, 0.5) is 0 Å². The van der Waals surface area contributed by atoms with Gasteiger partial charge in [0.25, 0.3) is 0 Å². The lowest BCUT2D eigenvalue weighted by molar-refractivity contribution is 1.15. The van der Waals surface area contributed by atoms with Crippen molar-refractivity contribution in [2.24, 2.45) is 0 Å². The molecule has 0 aliphatic rings. The fourth-order valence-electron chi connectivity index (χ4n) is 0.344. The van der Waals surface area contributed by atoms with Crippen LogP contribution in [0.2, 0.25) is 0 Å². The summed E-state index contributed by atoms with van der Waals surface area (Å²) in [4.78, 5) is 6.75. The molecule has 0 aliphatic carbocycles. The van der Waals surface area contributed by atoms with Crippen LogP contribution in [0.3, 0.4) is 0 Å². The molecule has 0 radical (unpaired) electrons. The first-order valence-electron chi connectivity index (χ1n) is 2.05. The van der Waals surface area contributed by atoms with Crippen LogP contribution >= 0.6 is 0 Å². The van der Waals surface area contributed by atoms with Crippen molar-refractivity contribution in [1.82, 2.24) is 9.97 Å². The molecule has 8 heavy (non-hydrogen) atoms. The number of aromatic nitrogens is 2. The summed E-state index contributed by atoms with van der Waals surface area (Å²) in [6.07, 6.45) is 3.53. The Bertz CT molecular complexity index is 140. The van der Waals surface area contributed by atoms with Crippen molar-refractivity contribution in [2.75, 3.05) is 0 Å². The highest BCUT2D eigenvalue weighted by Gasteiger charge is 1.73. The Morgan fingerprint density at radius 2 is 2.25 bits per heavy atom. The summed E-state index contributed by atoms with van der Waals surface area (Å²) in [7, 11) is 0. The third kappa shape index (κ3) is 1.92. The first-order chi connectivity index (χ1) is 3.89. The van der Waals surface area contributed by atoms with Gasteiger partial charge >= 0.3 is 0 Å². The maximum atomic E-state index is 6.00. The minimum atomic E-state index is 0.968. The number of rotatable bonds is 0. The van der Waals surface area contributed by atoms with Crippen molar-refractivity contribution in [3.8, 4) is 0 Å². The predicted octanol–water partition coefficient (Wildman–Crippen LogP) is 0.748. The zero-order valence-electron chi connectivity index (χ0n) is 4.50. The molecular formula is C4H6N4. The van der Waals surface area contributed by atoms with Crippen molar-refractivity contribution in [3.05, 3.63) is 18.2 Å². The van der Waals surface area contributed by atoms with Crippen LogP contribution in [0.1, 0.15) is 5.82 Å². The van der Waals surface area contributed by atoms with Crippen molar-refractivity contribution < 1.29 is 0 Å². The van der Waals surface area contributed by atoms with Gasteiger partial charge in [0.2, 0.25) is 0 Å². The van der Waals surface area contributed by atoms with Crippen LogP contribution in [-0.2, 0) is 0 Å². The van der Waals surface area contributed by atoms with Crippen molar-refractivity contribution in [3.63, 3.8) is 0 Å². The van der Waals surface area contributed by atoms with Crippen molar-refractivity contribution in [2.45, 2.75) is 6.92 Å². The van der Waals surface area contributed by atoms with Gasteiger partial charge in [-0.2, -0.15) is 0 Å². The van der Waals surface area contributed by atoms with Crippen LogP contribution in [0.25, 0.3) is 0 Å². The van der Waals surface area contributed by atoms with Gasteiger partial charge in [0.05, 0.1) is 0 Å². The maximum absolute atomic E-state index is 6.00. The highest BCUT2D eigenvalue weighted by atomic mass is 14.9. The van der Waals surface area contributed by atoms with Crippen LogP contribution in [0.15, 0.2) is 12.4 Å². The fraction of sp³-hybridized carbons (Fsp3) is 0.250. The lowest BCUT2D eigenvalue weighted by Gasteiger charge is -1.68. The minimum absolute atomic E-state index is 0.968. The molecule has 0 aromatic carbocycles. The van der Waals surface area contributed by atoms with Gasteiger partial charge in [-0.25, -0.2) is 4.98 Å². The van der Waals surface area contributed by atoms with E-state index in [1.165, 1.54) is 0 Å². The summed E-state index contributed by atoms with van der Waals surface area (Å²) in [6.45, 7) is 1.92. The van der Waals surface area contributed by atoms with E-state index in [2.05, 4.69) is 9.97 Å². The normalized spacial score (nSPS) is 6.88. The van der Waals surface area contributed by atoms with E-state index in [1.807, 2.05) is 6.92 Å². The first kappa shape index (κ1) is 6.63. The van der Waals surface area contributed by atoms with Gasteiger partial charge in [-0.3, -0.25) is 0 Å². The number of hydrogen-bond acceptors (Lipinski definition) is 3. The molecule has 0 fully saturated rings. The summed E-state index contributed by atoms with van der Waals surface area (Å²) in [5, 5.41) is 12.0. The van der Waals surface area contributed by atoms with E-state index in [-0.39, 0.29) is 0 Å². The van der Waals surface area contributed by atoms with E-state index in [1.54, 1.807) is 12.4 Å². The number of nitrogens with one attached hydrogen (secondary N) is 1. The molecule has 4 heteroatoms. The van der Waals surface area contributed by atoms with E-state index >= 15 is 0 Å². The SMILES string of the molecule is Cc1ncc[nH]1.N#N. The molecule has 0 amide bonds. The van der Waals surface area contributed by atoms with Gasteiger partial charge in [0, 0.05) is 23.2 Å². The smallest absolute Gasteiger partial charge is 0.102 e. The summed E-state index contributed by atoms with van der Waals surface area (Å²) in [5.74, 6) is 0.968. The van der Waals surface area contributed by atoms with Gasteiger partial charge in [-0.15, -0.1) is 0 Å². The zero-order chi connectivity index (χ0) is 6.41. The molecule has 1 aromatic rings. The summed E-state index contributed by atoms with van der Waals surface area (Å²) < 4.78 is 0. The maximum Gasteiger partial charge on any atom is 0.102 e. The molecule has 1 heterocycles. The Labute approximate surface area is 47.0 Å². The highest BCUT2D eigenvalue weighted by Crippen LogP contribution is 1.78. The molecule has 0 aliphatic heterocycles. The van der Waals surface area contributed by atoms with E-state index in [0.29, 0.717) is 0 Å². The summed E-state index contributed by atoms with van der Waals surface area (Å²) in [5.41, 5.74) is 0. The monoisotopic (exact) mass is 110 g/mol. The number of aryl methyl sites for hydroxylation is 1. The number of aromatic amines is 1. The van der Waals surface area contributed by atoms with Crippen LogP contribution < -0.4 is 0 Å². The van der Waals surface area contributed by atoms with E-state index in [0.717, 1.165) is 5.82 Å². The molecule has 0 atom stereocenters. The second-order valence-electron chi connectivity index (χ2n) is 1.17. The van der Waals surface area contributed by atoms with E-state index in [4.69, 9.17) is 10.8 Å². The standard InChI is InChI=1S/C4H6N2.N2/c1-4-5-2-3-6-4;1-2/h2-3H,1H3,(H,5,6);.